The smallest absolute Gasteiger partial charge is 0.133 e. The topological polar surface area (TPSA) is 46.2 Å². The van der Waals surface area contributed by atoms with Crippen LogP contribution in [-0.4, -0.2) is 5.11 Å². The molecule has 66 valence electrons. The minimum atomic E-state index is -0.481. The summed E-state index contributed by atoms with van der Waals surface area (Å²) in [6.45, 7) is 3.75. The Morgan fingerprint density at radius 1 is 1.42 bits per heavy atom. The first-order chi connectivity index (χ1) is 5.43. The number of hydrogen-bond acceptors (Lipinski definition) is 2. The second-order valence-electron chi connectivity index (χ2n) is 3.36. The highest BCUT2D eigenvalue weighted by molar-refractivity contribution is 14.1. The number of nitrogens with two attached hydrogens (primary N) is 1. The van der Waals surface area contributed by atoms with Gasteiger partial charge < -0.3 is 10.8 Å². The Hall–Kier alpha value is -0.290. The Labute approximate surface area is 85.9 Å². The van der Waals surface area contributed by atoms with Crippen LogP contribution < -0.4 is 5.73 Å². The Kier molecular flexibility index (Phi) is 2.63. The molecule has 0 amide bonds. The van der Waals surface area contributed by atoms with Gasteiger partial charge in [0, 0.05) is 11.1 Å². The molecule has 1 aromatic rings. The molecule has 0 atom stereocenters. The number of benzene rings is 1. The maximum absolute atomic E-state index is 9.65. The molecular weight excluding hydrogens is 265 g/mol. The van der Waals surface area contributed by atoms with Crippen molar-refractivity contribution < 1.29 is 5.11 Å². The summed E-state index contributed by atoms with van der Waals surface area (Å²) >= 11 is 2.08. The summed E-state index contributed by atoms with van der Waals surface area (Å²) in [7, 11) is 0. The van der Waals surface area contributed by atoms with E-state index in [0.717, 1.165) is 9.13 Å². The van der Waals surface area contributed by atoms with Gasteiger partial charge in [0.1, 0.15) is 5.75 Å². The number of aromatic hydroxyl groups is 1. The van der Waals surface area contributed by atoms with Crippen molar-refractivity contribution >= 4 is 22.6 Å². The van der Waals surface area contributed by atoms with E-state index in [2.05, 4.69) is 22.6 Å². The van der Waals surface area contributed by atoms with Crippen molar-refractivity contribution in [3.63, 3.8) is 0 Å². The van der Waals surface area contributed by atoms with E-state index < -0.39 is 5.54 Å². The van der Waals surface area contributed by atoms with Crippen LogP contribution in [0.25, 0.3) is 0 Å². The molecule has 0 aromatic heterocycles. The average Bonchev–Trinajstić information content (AvgIpc) is 1.92. The maximum atomic E-state index is 9.65. The van der Waals surface area contributed by atoms with Crippen LogP contribution in [-0.2, 0) is 5.54 Å². The summed E-state index contributed by atoms with van der Waals surface area (Å²) in [5.74, 6) is 0.297. The fourth-order valence-corrected chi connectivity index (χ4v) is 1.53. The van der Waals surface area contributed by atoms with E-state index >= 15 is 0 Å². The molecule has 0 aliphatic carbocycles. The fourth-order valence-electron chi connectivity index (χ4n) is 1.04. The van der Waals surface area contributed by atoms with Gasteiger partial charge in [0.25, 0.3) is 0 Å². The van der Waals surface area contributed by atoms with Gasteiger partial charge >= 0.3 is 0 Å². The van der Waals surface area contributed by atoms with Gasteiger partial charge in [-0.2, -0.15) is 0 Å². The molecular formula is C9H12INO. The lowest BCUT2D eigenvalue weighted by Gasteiger charge is -2.20. The van der Waals surface area contributed by atoms with Gasteiger partial charge in [-0.3, -0.25) is 0 Å². The minimum Gasteiger partial charge on any atom is -0.506 e. The molecule has 0 spiro atoms. The Bertz CT molecular complexity index is 291. The quantitative estimate of drug-likeness (QED) is 0.773. The molecule has 0 radical (unpaired) electrons. The molecule has 0 unspecified atom stereocenters. The lowest BCUT2D eigenvalue weighted by atomic mass is 9.95. The van der Waals surface area contributed by atoms with Gasteiger partial charge in [0.05, 0.1) is 3.57 Å². The van der Waals surface area contributed by atoms with Crippen molar-refractivity contribution in [2.24, 2.45) is 5.73 Å². The number of para-hydroxylation sites is 1. The Morgan fingerprint density at radius 3 is 2.42 bits per heavy atom. The van der Waals surface area contributed by atoms with E-state index in [0.29, 0.717) is 5.75 Å². The van der Waals surface area contributed by atoms with Crippen molar-refractivity contribution in [1.82, 2.24) is 0 Å². The molecule has 2 nitrogen and oxygen atoms in total. The highest BCUT2D eigenvalue weighted by Crippen LogP contribution is 2.30. The van der Waals surface area contributed by atoms with Crippen LogP contribution >= 0.6 is 22.6 Å². The molecule has 0 heterocycles. The second-order valence-corrected chi connectivity index (χ2v) is 4.52. The molecule has 0 aliphatic rings. The lowest BCUT2D eigenvalue weighted by Crippen LogP contribution is -2.28. The number of rotatable bonds is 1. The highest BCUT2D eigenvalue weighted by atomic mass is 127. The van der Waals surface area contributed by atoms with Crippen molar-refractivity contribution in [2.75, 3.05) is 0 Å². The van der Waals surface area contributed by atoms with Gasteiger partial charge in [0.2, 0.25) is 0 Å². The predicted molar refractivity (Wildman–Crippen MR) is 58.0 cm³/mol. The van der Waals surface area contributed by atoms with E-state index in [1.165, 1.54) is 0 Å². The van der Waals surface area contributed by atoms with E-state index in [1.54, 1.807) is 0 Å². The van der Waals surface area contributed by atoms with Crippen LogP contribution in [0.2, 0.25) is 0 Å². The third-order valence-electron chi connectivity index (χ3n) is 1.68. The third kappa shape index (κ3) is 1.90. The fraction of sp³-hybridized carbons (Fsp3) is 0.333. The highest BCUT2D eigenvalue weighted by Gasteiger charge is 2.19. The first-order valence-corrected chi connectivity index (χ1v) is 4.77. The van der Waals surface area contributed by atoms with Gasteiger partial charge in [-0.05, 0) is 42.5 Å². The first kappa shape index (κ1) is 9.80. The standard InChI is InChI=1S/C9H12INO/c1-9(2,11)6-4-3-5-7(10)8(6)12/h3-5,12H,11H2,1-2H3. The van der Waals surface area contributed by atoms with Crippen molar-refractivity contribution in [3.8, 4) is 5.75 Å². The van der Waals surface area contributed by atoms with Gasteiger partial charge in [-0.15, -0.1) is 0 Å². The molecule has 3 N–H and O–H groups in total. The molecule has 0 fully saturated rings. The van der Waals surface area contributed by atoms with Gasteiger partial charge in [-0.25, -0.2) is 0 Å². The zero-order valence-corrected chi connectivity index (χ0v) is 9.29. The third-order valence-corrected chi connectivity index (χ3v) is 2.55. The van der Waals surface area contributed by atoms with Crippen molar-refractivity contribution in [2.45, 2.75) is 19.4 Å². The van der Waals surface area contributed by atoms with Gasteiger partial charge in [-0.1, -0.05) is 12.1 Å². The largest absolute Gasteiger partial charge is 0.506 e. The van der Waals surface area contributed by atoms with E-state index in [-0.39, 0.29) is 0 Å². The summed E-state index contributed by atoms with van der Waals surface area (Å²) < 4.78 is 0.837. The zero-order valence-electron chi connectivity index (χ0n) is 7.13. The van der Waals surface area contributed by atoms with Gasteiger partial charge in [0.15, 0.2) is 0 Å². The van der Waals surface area contributed by atoms with Crippen molar-refractivity contribution in [1.29, 1.82) is 0 Å². The Morgan fingerprint density at radius 2 is 2.00 bits per heavy atom. The summed E-state index contributed by atoms with van der Waals surface area (Å²) in [4.78, 5) is 0. The molecule has 1 aromatic carbocycles. The average molecular weight is 277 g/mol. The minimum absolute atomic E-state index is 0.297. The summed E-state index contributed by atoms with van der Waals surface area (Å²) in [6.07, 6.45) is 0. The number of halogens is 1. The Balaban J connectivity index is 3.26. The molecule has 0 aliphatic heterocycles. The number of hydrogen-bond donors (Lipinski definition) is 2. The summed E-state index contributed by atoms with van der Waals surface area (Å²) in [5, 5.41) is 9.65. The molecule has 3 heteroatoms. The number of phenols is 1. The van der Waals surface area contributed by atoms with Crippen molar-refractivity contribution in [3.05, 3.63) is 27.3 Å². The predicted octanol–water partition coefficient (Wildman–Crippen LogP) is 2.19. The molecule has 1 rings (SSSR count). The maximum Gasteiger partial charge on any atom is 0.133 e. The second kappa shape index (κ2) is 3.22. The molecule has 0 saturated heterocycles. The SMILES string of the molecule is CC(C)(N)c1cccc(I)c1O. The van der Waals surface area contributed by atoms with Crippen LogP contribution in [0.4, 0.5) is 0 Å². The van der Waals surface area contributed by atoms with Crippen LogP contribution in [0.1, 0.15) is 19.4 Å². The van der Waals surface area contributed by atoms with E-state index in [1.807, 2.05) is 32.0 Å². The van der Waals surface area contributed by atoms with Crippen LogP contribution in [0, 0.1) is 3.57 Å². The number of phenolic OH excluding ortho intramolecular Hbond substituents is 1. The van der Waals surface area contributed by atoms with Crippen LogP contribution in [0.15, 0.2) is 18.2 Å². The van der Waals surface area contributed by atoms with E-state index in [4.69, 9.17) is 5.73 Å². The normalized spacial score (nSPS) is 11.7. The van der Waals surface area contributed by atoms with E-state index in [9.17, 15) is 5.11 Å². The lowest BCUT2D eigenvalue weighted by molar-refractivity contribution is 0.437. The summed E-state index contributed by atoms with van der Waals surface area (Å²) in [5.41, 5.74) is 6.17. The molecule has 12 heavy (non-hydrogen) atoms. The monoisotopic (exact) mass is 277 g/mol. The molecule has 0 bridgehead atoms. The van der Waals surface area contributed by atoms with Crippen LogP contribution in [0.5, 0.6) is 5.75 Å². The zero-order chi connectivity index (χ0) is 9.35. The summed E-state index contributed by atoms with van der Waals surface area (Å²) in [6, 6.07) is 5.59. The van der Waals surface area contributed by atoms with Crippen LogP contribution in [0.3, 0.4) is 0 Å². The first-order valence-electron chi connectivity index (χ1n) is 3.70. The molecule has 0 saturated carbocycles.